The van der Waals surface area contributed by atoms with Gasteiger partial charge in [-0.25, -0.2) is 18.1 Å². The zero-order valence-electron chi connectivity index (χ0n) is 13.6. The van der Waals surface area contributed by atoms with Gasteiger partial charge in [-0.2, -0.15) is 0 Å². The first kappa shape index (κ1) is 18.5. The standard InChI is InChI=1S/C17H19Cl2N3O2S/c18-15-6-3-12(10-16(15)19)11-25(23,24)21-9-7-14-5-4-13-2-1-8-20-17(13)22-14/h3-6,10,21H,1-2,7-9,11H2,(H,20,22). The number of fused-ring (bicyclic) bond motifs is 1. The van der Waals surface area contributed by atoms with Gasteiger partial charge in [0.05, 0.1) is 15.8 Å². The van der Waals surface area contributed by atoms with Crippen LogP contribution in [0.2, 0.25) is 10.0 Å². The molecule has 1 aliphatic rings. The number of aromatic nitrogens is 1. The summed E-state index contributed by atoms with van der Waals surface area (Å²) in [6.45, 7) is 1.23. The third kappa shape index (κ3) is 5.07. The maximum absolute atomic E-state index is 12.2. The molecule has 0 radical (unpaired) electrons. The first-order valence-electron chi connectivity index (χ1n) is 8.07. The van der Waals surface area contributed by atoms with Crippen LogP contribution in [0.15, 0.2) is 30.3 Å². The molecule has 1 aliphatic heterocycles. The van der Waals surface area contributed by atoms with Crippen molar-refractivity contribution in [3.05, 3.63) is 57.2 Å². The average Bonchev–Trinajstić information content (AvgIpc) is 2.57. The van der Waals surface area contributed by atoms with Gasteiger partial charge in [0.1, 0.15) is 5.82 Å². The van der Waals surface area contributed by atoms with Gasteiger partial charge in [-0.3, -0.25) is 0 Å². The zero-order valence-corrected chi connectivity index (χ0v) is 15.9. The summed E-state index contributed by atoms with van der Waals surface area (Å²) in [4.78, 5) is 4.56. The summed E-state index contributed by atoms with van der Waals surface area (Å²) in [6, 6.07) is 8.84. The number of sulfonamides is 1. The van der Waals surface area contributed by atoms with E-state index in [9.17, 15) is 8.42 Å². The fraction of sp³-hybridized carbons (Fsp3) is 0.353. The third-order valence-corrected chi connectivity index (χ3v) is 6.09. The summed E-state index contributed by atoms with van der Waals surface area (Å²) in [5.41, 5.74) is 2.68. The van der Waals surface area contributed by atoms with Crippen molar-refractivity contribution in [2.45, 2.75) is 25.0 Å². The van der Waals surface area contributed by atoms with E-state index < -0.39 is 10.0 Å². The molecule has 0 saturated heterocycles. The molecule has 0 aliphatic carbocycles. The molecular weight excluding hydrogens is 381 g/mol. The first-order chi connectivity index (χ1) is 11.9. The Labute approximate surface area is 157 Å². The quantitative estimate of drug-likeness (QED) is 0.780. The van der Waals surface area contributed by atoms with Crippen molar-refractivity contribution >= 4 is 39.0 Å². The fourth-order valence-corrected chi connectivity index (χ4v) is 4.20. The van der Waals surface area contributed by atoms with Gasteiger partial charge >= 0.3 is 0 Å². The van der Waals surface area contributed by atoms with Crippen molar-refractivity contribution in [3.8, 4) is 0 Å². The highest BCUT2D eigenvalue weighted by molar-refractivity contribution is 7.88. The zero-order chi connectivity index (χ0) is 17.9. The second-order valence-corrected chi connectivity index (χ2v) is 8.61. The molecule has 5 nitrogen and oxygen atoms in total. The molecule has 1 aromatic carbocycles. The smallest absolute Gasteiger partial charge is 0.215 e. The summed E-state index contributed by atoms with van der Waals surface area (Å²) in [5, 5.41) is 4.03. The minimum absolute atomic E-state index is 0.136. The van der Waals surface area contributed by atoms with Crippen LogP contribution in [0.5, 0.6) is 0 Å². The van der Waals surface area contributed by atoms with E-state index in [2.05, 4.69) is 21.1 Å². The van der Waals surface area contributed by atoms with Crippen molar-refractivity contribution in [1.82, 2.24) is 9.71 Å². The third-order valence-electron chi connectivity index (χ3n) is 4.00. The molecule has 0 amide bonds. The van der Waals surface area contributed by atoms with Crippen molar-refractivity contribution in [1.29, 1.82) is 0 Å². The summed E-state index contributed by atoms with van der Waals surface area (Å²) in [6.07, 6.45) is 2.68. The molecule has 0 unspecified atom stereocenters. The molecule has 0 saturated carbocycles. The largest absolute Gasteiger partial charge is 0.370 e. The maximum Gasteiger partial charge on any atom is 0.215 e. The number of benzene rings is 1. The molecule has 134 valence electrons. The molecule has 2 N–H and O–H groups in total. The number of anilines is 1. The number of pyridine rings is 1. The highest BCUT2D eigenvalue weighted by Crippen LogP contribution is 2.23. The molecule has 0 atom stereocenters. The average molecular weight is 400 g/mol. The lowest BCUT2D eigenvalue weighted by atomic mass is 10.1. The van der Waals surface area contributed by atoms with Crippen molar-refractivity contribution < 1.29 is 8.42 Å². The van der Waals surface area contributed by atoms with Gasteiger partial charge in [-0.1, -0.05) is 35.3 Å². The second kappa shape index (κ2) is 7.91. The Morgan fingerprint density at radius 1 is 1.16 bits per heavy atom. The highest BCUT2D eigenvalue weighted by atomic mass is 35.5. The number of nitrogens with one attached hydrogen (secondary N) is 2. The lowest BCUT2D eigenvalue weighted by Gasteiger charge is -2.17. The topological polar surface area (TPSA) is 71.1 Å². The van der Waals surface area contributed by atoms with E-state index in [-0.39, 0.29) is 5.75 Å². The minimum atomic E-state index is -3.45. The van der Waals surface area contributed by atoms with Crippen LogP contribution in [-0.2, 0) is 28.6 Å². The lowest BCUT2D eigenvalue weighted by molar-refractivity contribution is 0.580. The van der Waals surface area contributed by atoms with Gasteiger partial charge in [-0.15, -0.1) is 0 Å². The van der Waals surface area contributed by atoms with Gasteiger partial charge in [0.25, 0.3) is 0 Å². The predicted molar refractivity (Wildman–Crippen MR) is 102 cm³/mol. The molecular formula is C17H19Cl2N3O2S. The maximum atomic E-state index is 12.2. The number of halogens is 2. The lowest BCUT2D eigenvalue weighted by Crippen LogP contribution is -2.27. The second-order valence-electron chi connectivity index (χ2n) is 5.99. The van der Waals surface area contributed by atoms with Gasteiger partial charge in [0.2, 0.25) is 10.0 Å². The summed E-state index contributed by atoms with van der Waals surface area (Å²) < 4.78 is 27.0. The van der Waals surface area contributed by atoms with Gasteiger partial charge < -0.3 is 5.32 Å². The van der Waals surface area contributed by atoms with Crippen LogP contribution in [0.25, 0.3) is 0 Å². The van der Waals surface area contributed by atoms with Crippen molar-refractivity contribution in [2.75, 3.05) is 18.4 Å². The number of hydrogen-bond donors (Lipinski definition) is 2. The Morgan fingerprint density at radius 3 is 2.80 bits per heavy atom. The number of aryl methyl sites for hydroxylation is 1. The molecule has 8 heteroatoms. The summed E-state index contributed by atoms with van der Waals surface area (Å²) >= 11 is 11.8. The fourth-order valence-electron chi connectivity index (χ4n) is 2.74. The monoisotopic (exact) mass is 399 g/mol. The van der Waals surface area contributed by atoms with Crippen LogP contribution >= 0.6 is 23.2 Å². The van der Waals surface area contributed by atoms with Gasteiger partial charge in [0.15, 0.2) is 0 Å². The van der Waals surface area contributed by atoms with E-state index in [4.69, 9.17) is 23.2 Å². The Balaban J connectivity index is 1.56. The number of hydrogen-bond acceptors (Lipinski definition) is 4. The molecule has 2 aromatic rings. The molecule has 2 heterocycles. The number of rotatable bonds is 6. The Morgan fingerprint density at radius 2 is 2.00 bits per heavy atom. The molecule has 0 bridgehead atoms. The van der Waals surface area contributed by atoms with Crippen LogP contribution in [0.3, 0.4) is 0 Å². The normalized spacial score (nSPS) is 14.0. The van der Waals surface area contributed by atoms with Crippen molar-refractivity contribution in [2.24, 2.45) is 0 Å². The molecule has 3 rings (SSSR count). The summed E-state index contributed by atoms with van der Waals surface area (Å²) in [5.74, 6) is 0.783. The van der Waals surface area contributed by atoms with E-state index in [1.807, 2.05) is 6.07 Å². The van der Waals surface area contributed by atoms with E-state index in [0.29, 0.717) is 28.6 Å². The van der Waals surface area contributed by atoms with Gasteiger partial charge in [-0.05, 0) is 42.2 Å². The van der Waals surface area contributed by atoms with Crippen LogP contribution < -0.4 is 10.0 Å². The Bertz CT molecular complexity index is 872. The molecule has 0 fully saturated rings. The Hall–Kier alpha value is -1.34. The van der Waals surface area contributed by atoms with Crippen LogP contribution in [0, 0.1) is 0 Å². The molecule has 1 aromatic heterocycles. The first-order valence-corrected chi connectivity index (χ1v) is 10.5. The van der Waals surface area contributed by atoms with E-state index in [1.165, 1.54) is 5.56 Å². The number of nitrogens with zero attached hydrogens (tertiary/aromatic N) is 1. The Kier molecular flexibility index (Phi) is 5.84. The molecule has 25 heavy (non-hydrogen) atoms. The van der Waals surface area contributed by atoms with Crippen molar-refractivity contribution in [3.63, 3.8) is 0 Å². The van der Waals surface area contributed by atoms with Crippen LogP contribution in [0.4, 0.5) is 5.82 Å². The van der Waals surface area contributed by atoms with Crippen LogP contribution in [-0.4, -0.2) is 26.5 Å². The van der Waals surface area contributed by atoms with E-state index in [1.54, 1.807) is 18.2 Å². The molecule has 0 spiro atoms. The highest BCUT2D eigenvalue weighted by Gasteiger charge is 2.14. The SMILES string of the molecule is O=S(=O)(Cc1ccc(Cl)c(Cl)c1)NCCc1ccc2c(n1)NCCC2. The summed E-state index contributed by atoms with van der Waals surface area (Å²) in [7, 11) is -3.45. The predicted octanol–water partition coefficient (Wildman–Crippen LogP) is 3.41. The minimum Gasteiger partial charge on any atom is -0.370 e. The van der Waals surface area contributed by atoms with Gasteiger partial charge in [0, 0.05) is 25.2 Å². The van der Waals surface area contributed by atoms with E-state index in [0.717, 1.165) is 30.9 Å². The van der Waals surface area contributed by atoms with Crippen LogP contribution in [0.1, 0.15) is 23.2 Å². The van der Waals surface area contributed by atoms with E-state index >= 15 is 0 Å².